The van der Waals surface area contributed by atoms with E-state index in [1.165, 1.54) is 0 Å². The molecule has 0 unspecified atom stereocenters. The lowest BCUT2D eigenvalue weighted by atomic mass is 10.1. The quantitative estimate of drug-likeness (QED) is 0.738. The Labute approximate surface area is 135 Å². The molecule has 0 saturated carbocycles. The van der Waals surface area contributed by atoms with Gasteiger partial charge in [0, 0.05) is 31.0 Å². The molecule has 1 aromatic heterocycles. The van der Waals surface area contributed by atoms with Gasteiger partial charge in [0.1, 0.15) is 0 Å². The number of amides is 1. The maximum absolute atomic E-state index is 12.7. The topological polar surface area (TPSA) is 59.5 Å². The van der Waals surface area contributed by atoms with Crippen molar-refractivity contribution in [1.82, 2.24) is 9.88 Å². The van der Waals surface area contributed by atoms with E-state index in [1.54, 1.807) is 36.4 Å². The number of rotatable bonds is 7. The molecule has 1 heterocycles. The highest BCUT2D eigenvalue weighted by atomic mass is 16.5. The van der Waals surface area contributed by atoms with E-state index < -0.39 is 0 Å². The van der Waals surface area contributed by atoms with Crippen LogP contribution < -0.4 is 0 Å². The van der Waals surface area contributed by atoms with E-state index in [-0.39, 0.29) is 18.3 Å². The number of aromatic nitrogens is 1. The summed E-state index contributed by atoms with van der Waals surface area (Å²) in [6.07, 6.45) is 3.55. The van der Waals surface area contributed by atoms with Crippen molar-refractivity contribution < 1.29 is 14.3 Å². The number of carbonyl (C=O) groups is 2. The lowest BCUT2D eigenvalue weighted by molar-refractivity contribution is -0.143. The second kappa shape index (κ2) is 8.68. The summed E-state index contributed by atoms with van der Waals surface area (Å²) in [5.41, 5.74) is 1.57. The Kier molecular flexibility index (Phi) is 6.29. The molecule has 2 aromatic rings. The number of hydrogen-bond donors (Lipinski definition) is 0. The molecule has 0 N–H and O–H groups in total. The molecule has 1 aromatic carbocycles. The van der Waals surface area contributed by atoms with Crippen LogP contribution in [-0.4, -0.2) is 34.9 Å². The van der Waals surface area contributed by atoms with Crippen molar-refractivity contribution in [3.8, 4) is 0 Å². The van der Waals surface area contributed by atoms with Gasteiger partial charge < -0.3 is 9.64 Å². The standard InChI is InChI=1S/C18H20N2O3/c1-2-23-17(21)10-13-20(14-15-8-11-19-12-9-15)18(22)16-6-4-3-5-7-16/h3-9,11-12H,2,10,13-14H2,1H3. The monoisotopic (exact) mass is 312 g/mol. The number of ether oxygens (including phenoxy) is 1. The van der Waals surface area contributed by atoms with Gasteiger partial charge in [-0.25, -0.2) is 0 Å². The summed E-state index contributed by atoms with van der Waals surface area (Å²) in [6.45, 7) is 2.85. The molecule has 0 aliphatic heterocycles. The van der Waals surface area contributed by atoms with Gasteiger partial charge in [-0.15, -0.1) is 0 Å². The zero-order valence-electron chi connectivity index (χ0n) is 13.1. The van der Waals surface area contributed by atoms with E-state index in [9.17, 15) is 9.59 Å². The van der Waals surface area contributed by atoms with E-state index in [2.05, 4.69) is 4.98 Å². The van der Waals surface area contributed by atoms with Gasteiger partial charge in [-0.2, -0.15) is 0 Å². The Morgan fingerprint density at radius 2 is 1.78 bits per heavy atom. The summed E-state index contributed by atoms with van der Waals surface area (Å²) in [5.74, 6) is -0.403. The van der Waals surface area contributed by atoms with Crippen molar-refractivity contribution in [3.63, 3.8) is 0 Å². The second-order valence-electron chi connectivity index (χ2n) is 5.00. The first-order valence-corrected chi connectivity index (χ1v) is 7.59. The highest BCUT2D eigenvalue weighted by molar-refractivity contribution is 5.94. The Morgan fingerprint density at radius 1 is 1.09 bits per heavy atom. The van der Waals surface area contributed by atoms with Crippen LogP contribution in [0.15, 0.2) is 54.9 Å². The molecule has 0 atom stereocenters. The second-order valence-corrected chi connectivity index (χ2v) is 5.00. The fourth-order valence-electron chi connectivity index (χ4n) is 2.18. The molecule has 23 heavy (non-hydrogen) atoms. The average Bonchev–Trinajstić information content (AvgIpc) is 2.60. The van der Waals surface area contributed by atoms with Crippen molar-refractivity contribution in [2.45, 2.75) is 19.9 Å². The van der Waals surface area contributed by atoms with Gasteiger partial charge in [-0.05, 0) is 36.8 Å². The summed E-state index contributed by atoms with van der Waals surface area (Å²) >= 11 is 0. The van der Waals surface area contributed by atoms with Crippen molar-refractivity contribution in [1.29, 1.82) is 0 Å². The van der Waals surface area contributed by atoms with Gasteiger partial charge in [0.05, 0.1) is 13.0 Å². The van der Waals surface area contributed by atoms with Gasteiger partial charge in [0.25, 0.3) is 5.91 Å². The molecule has 0 aliphatic rings. The minimum absolute atomic E-state index is 0.105. The lowest BCUT2D eigenvalue weighted by Crippen LogP contribution is -2.32. The van der Waals surface area contributed by atoms with Crippen molar-refractivity contribution in [2.24, 2.45) is 0 Å². The highest BCUT2D eigenvalue weighted by Gasteiger charge is 2.17. The molecule has 120 valence electrons. The fourth-order valence-corrected chi connectivity index (χ4v) is 2.18. The normalized spacial score (nSPS) is 10.1. The van der Waals surface area contributed by atoms with E-state index in [0.29, 0.717) is 25.3 Å². The number of esters is 1. The maximum Gasteiger partial charge on any atom is 0.307 e. The van der Waals surface area contributed by atoms with Crippen LogP contribution in [0.25, 0.3) is 0 Å². The Hall–Kier alpha value is -2.69. The largest absolute Gasteiger partial charge is 0.466 e. The average molecular weight is 312 g/mol. The molecule has 0 saturated heterocycles. The molecule has 0 spiro atoms. The SMILES string of the molecule is CCOC(=O)CCN(Cc1ccncc1)C(=O)c1ccccc1. The summed E-state index contributed by atoms with van der Waals surface area (Å²) in [4.78, 5) is 29.9. The zero-order valence-corrected chi connectivity index (χ0v) is 13.1. The Morgan fingerprint density at radius 3 is 2.43 bits per heavy atom. The molecule has 2 rings (SSSR count). The number of benzene rings is 1. The summed E-state index contributed by atoms with van der Waals surface area (Å²) in [6, 6.07) is 12.8. The first-order valence-electron chi connectivity index (χ1n) is 7.59. The molecule has 0 bridgehead atoms. The van der Waals surface area contributed by atoms with Crippen LogP contribution in [0.2, 0.25) is 0 Å². The molecule has 0 aliphatic carbocycles. The highest BCUT2D eigenvalue weighted by Crippen LogP contribution is 2.10. The molecule has 5 heteroatoms. The molecule has 0 fully saturated rings. The fraction of sp³-hybridized carbons (Fsp3) is 0.278. The minimum Gasteiger partial charge on any atom is -0.466 e. The van der Waals surface area contributed by atoms with Gasteiger partial charge in [0.15, 0.2) is 0 Å². The Bertz CT molecular complexity index is 629. The van der Waals surface area contributed by atoms with Crippen LogP contribution in [0.1, 0.15) is 29.3 Å². The van der Waals surface area contributed by atoms with Crippen LogP contribution in [-0.2, 0) is 16.1 Å². The van der Waals surface area contributed by atoms with Gasteiger partial charge in [-0.1, -0.05) is 18.2 Å². The number of hydrogen-bond acceptors (Lipinski definition) is 4. The third-order valence-corrected chi connectivity index (χ3v) is 3.32. The number of carbonyl (C=O) groups excluding carboxylic acids is 2. The van der Waals surface area contributed by atoms with E-state index in [1.807, 2.05) is 30.3 Å². The number of pyridine rings is 1. The van der Waals surface area contributed by atoms with E-state index in [0.717, 1.165) is 5.56 Å². The van der Waals surface area contributed by atoms with Gasteiger partial charge >= 0.3 is 5.97 Å². The molecule has 5 nitrogen and oxygen atoms in total. The van der Waals surface area contributed by atoms with Crippen molar-refractivity contribution in [3.05, 3.63) is 66.0 Å². The first-order chi connectivity index (χ1) is 11.2. The predicted octanol–water partition coefficient (Wildman–Crippen LogP) is 2.68. The lowest BCUT2D eigenvalue weighted by Gasteiger charge is -2.22. The van der Waals surface area contributed by atoms with Crippen LogP contribution in [0.4, 0.5) is 0 Å². The van der Waals surface area contributed by atoms with Gasteiger partial charge in [-0.3, -0.25) is 14.6 Å². The first kappa shape index (κ1) is 16.7. The molecule has 1 amide bonds. The van der Waals surface area contributed by atoms with Gasteiger partial charge in [0.2, 0.25) is 0 Å². The van der Waals surface area contributed by atoms with Crippen LogP contribution in [0.3, 0.4) is 0 Å². The van der Waals surface area contributed by atoms with Crippen molar-refractivity contribution >= 4 is 11.9 Å². The summed E-state index contributed by atoms with van der Waals surface area (Å²) in [5, 5.41) is 0. The molecular formula is C18H20N2O3. The number of nitrogens with zero attached hydrogens (tertiary/aromatic N) is 2. The smallest absolute Gasteiger partial charge is 0.307 e. The molecular weight excluding hydrogens is 292 g/mol. The summed E-state index contributed by atoms with van der Waals surface area (Å²) in [7, 11) is 0. The van der Waals surface area contributed by atoms with E-state index >= 15 is 0 Å². The molecule has 0 radical (unpaired) electrons. The van der Waals surface area contributed by atoms with E-state index in [4.69, 9.17) is 4.74 Å². The van der Waals surface area contributed by atoms with Crippen molar-refractivity contribution in [2.75, 3.05) is 13.2 Å². The Balaban J connectivity index is 2.10. The van der Waals surface area contributed by atoms with Crippen LogP contribution in [0, 0.1) is 0 Å². The third kappa shape index (κ3) is 5.21. The minimum atomic E-state index is -0.298. The third-order valence-electron chi connectivity index (χ3n) is 3.32. The maximum atomic E-state index is 12.7. The van der Waals surface area contributed by atoms with Crippen LogP contribution >= 0.6 is 0 Å². The summed E-state index contributed by atoms with van der Waals surface area (Å²) < 4.78 is 4.94. The van der Waals surface area contributed by atoms with Crippen LogP contribution in [0.5, 0.6) is 0 Å². The zero-order chi connectivity index (χ0) is 16.5. The predicted molar refractivity (Wildman–Crippen MR) is 86.7 cm³/mol.